The molecule has 2 aliphatic carbocycles. The van der Waals surface area contributed by atoms with Crippen LogP contribution in [0.25, 0.3) is 10.1 Å². The Balaban J connectivity index is 1.40. The molecule has 12 nitrogen and oxygen atoms in total. The van der Waals surface area contributed by atoms with Crippen LogP contribution in [0, 0.1) is 17.3 Å². The van der Waals surface area contributed by atoms with Crippen LogP contribution in [0.15, 0.2) is 42.3 Å². The second-order valence-corrected chi connectivity index (χ2v) is 18.2. The molecule has 3 aliphatic rings. The Labute approximate surface area is 291 Å². The van der Waals surface area contributed by atoms with Crippen LogP contribution in [-0.2, 0) is 38.7 Å². The van der Waals surface area contributed by atoms with Gasteiger partial charge in [0, 0.05) is 17.0 Å². The number of ether oxygens (including phenoxy) is 2. The Morgan fingerprint density at radius 3 is 2.39 bits per heavy atom. The fraction of sp³-hybridized carbons (Fsp3) is 0.571. The Morgan fingerprint density at radius 2 is 1.80 bits per heavy atom. The zero-order chi connectivity index (χ0) is 36.1. The molecule has 1 aromatic heterocycles. The molecule has 3 fully saturated rings. The van der Waals surface area contributed by atoms with E-state index in [1.54, 1.807) is 32.9 Å². The lowest BCUT2D eigenvalue weighted by molar-refractivity contribution is -0.161. The lowest BCUT2D eigenvalue weighted by atomic mass is 9.77. The highest BCUT2D eigenvalue weighted by molar-refractivity contribution is 7.91. The van der Waals surface area contributed by atoms with Gasteiger partial charge >= 0.3 is 11.9 Å². The minimum absolute atomic E-state index is 0.0792. The quantitative estimate of drug-likeness (QED) is 0.258. The highest BCUT2D eigenvalue weighted by Gasteiger charge is 2.62. The third kappa shape index (κ3) is 8.17. The molecule has 2 saturated carbocycles. The van der Waals surface area contributed by atoms with Crippen molar-refractivity contribution in [3.63, 3.8) is 0 Å². The molecule has 0 bridgehead atoms. The maximum Gasteiger partial charge on any atom is 0.338 e. The van der Waals surface area contributed by atoms with Gasteiger partial charge in [-0.1, -0.05) is 26.8 Å². The highest BCUT2D eigenvalue weighted by atomic mass is 32.2. The molecule has 1 saturated heterocycles. The van der Waals surface area contributed by atoms with Crippen LogP contribution in [0.2, 0.25) is 0 Å². The first kappa shape index (κ1) is 36.5. The molecule has 5 rings (SSSR count). The number of nitrogens with one attached hydrogen (secondary N) is 2. The number of sulfonamides is 1. The molecule has 0 unspecified atom stereocenters. The minimum Gasteiger partial charge on any atom is -0.460 e. The van der Waals surface area contributed by atoms with Crippen molar-refractivity contribution >= 4 is 61.1 Å². The zero-order valence-corrected chi connectivity index (χ0v) is 30.4. The van der Waals surface area contributed by atoms with Gasteiger partial charge in [0.1, 0.15) is 23.3 Å². The standard InChI is InChI=1S/C35H45N3O9S2/c1-8-22-18-35(22,32(43)37-49(44,45)24-10-11-24)36-29(40)26-16-23(46-31(42)21-9-12-27-20(15-21)13-14-48-27)19-38(26)30(41)25(33(2,3)4)17-28(39)47-34(5,6)7/h8-9,12-15,22-26H,1,10-11,16-19H2,2-7H3,(H,36,40)(H,37,43)/t22-,23+,25-,26+,35-/m1/s1. The van der Waals surface area contributed by atoms with Gasteiger partial charge < -0.3 is 19.7 Å². The molecule has 1 aromatic carbocycles. The summed E-state index contributed by atoms with van der Waals surface area (Å²) in [7, 11) is -3.90. The number of esters is 2. The molecule has 266 valence electrons. The van der Waals surface area contributed by atoms with Crippen LogP contribution in [0.3, 0.4) is 0 Å². The summed E-state index contributed by atoms with van der Waals surface area (Å²) in [6.45, 7) is 14.2. The number of amides is 3. The summed E-state index contributed by atoms with van der Waals surface area (Å²) in [5.41, 5.74) is -2.77. The lowest BCUT2D eigenvalue weighted by Gasteiger charge is -2.35. The van der Waals surface area contributed by atoms with Crippen LogP contribution in [0.1, 0.15) is 84.0 Å². The van der Waals surface area contributed by atoms with Gasteiger partial charge in [-0.25, -0.2) is 13.2 Å². The van der Waals surface area contributed by atoms with E-state index in [1.165, 1.54) is 22.3 Å². The summed E-state index contributed by atoms with van der Waals surface area (Å²) >= 11 is 1.54. The number of carbonyl (C=O) groups excluding carboxylic acids is 5. The molecule has 2 heterocycles. The zero-order valence-electron chi connectivity index (χ0n) is 28.7. The smallest absolute Gasteiger partial charge is 0.338 e. The number of thiophene rings is 1. The SMILES string of the molecule is C=C[C@@H]1C[C@]1(NC(=O)[C@@H]1C[C@H](OC(=O)c2ccc3sccc3c2)CN1C(=O)[C@@H](CC(=O)OC(C)(C)C)C(C)(C)C)C(=O)NS(=O)(=O)C1CC1. The van der Waals surface area contributed by atoms with Crippen molar-refractivity contribution in [2.24, 2.45) is 17.3 Å². The average molecular weight is 716 g/mol. The summed E-state index contributed by atoms with van der Waals surface area (Å²) in [5, 5.41) is 4.88. The van der Waals surface area contributed by atoms with E-state index in [2.05, 4.69) is 16.6 Å². The molecule has 0 radical (unpaired) electrons. The number of likely N-dealkylation sites (tertiary alicyclic amines) is 1. The van der Waals surface area contributed by atoms with E-state index in [0.29, 0.717) is 18.4 Å². The molecule has 49 heavy (non-hydrogen) atoms. The first-order chi connectivity index (χ1) is 22.7. The van der Waals surface area contributed by atoms with Gasteiger partial charge in [-0.2, -0.15) is 0 Å². The Hall–Kier alpha value is -3.78. The van der Waals surface area contributed by atoms with Crippen molar-refractivity contribution in [2.75, 3.05) is 6.54 Å². The molecule has 2 aromatic rings. The second kappa shape index (κ2) is 13.2. The fourth-order valence-electron chi connectivity index (χ4n) is 6.22. The Morgan fingerprint density at radius 1 is 1.10 bits per heavy atom. The predicted molar refractivity (Wildman–Crippen MR) is 184 cm³/mol. The van der Waals surface area contributed by atoms with Gasteiger partial charge in [0.2, 0.25) is 21.8 Å². The minimum atomic E-state index is -3.90. The Kier molecular flexibility index (Phi) is 9.80. The van der Waals surface area contributed by atoms with E-state index >= 15 is 0 Å². The van der Waals surface area contributed by atoms with Crippen LogP contribution in [0.4, 0.5) is 0 Å². The van der Waals surface area contributed by atoms with Crippen molar-refractivity contribution in [1.82, 2.24) is 14.9 Å². The van der Waals surface area contributed by atoms with E-state index in [9.17, 15) is 32.4 Å². The molecule has 3 amide bonds. The maximum atomic E-state index is 14.4. The number of nitrogens with zero attached hydrogens (tertiary/aromatic N) is 1. The van der Waals surface area contributed by atoms with Crippen molar-refractivity contribution in [1.29, 1.82) is 0 Å². The molecule has 2 N–H and O–H groups in total. The molecule has 14 heteroatoms. The topological polar surface area (TPSA) is 165 Å². The summed E-state index contributed by atoms with van der Waals surface area (Å²) in [6.07, 6.45) is 1.29. The van der Waals surface area contributed by atoms with Crippen molar-refractivity contribution in [2.45, 2.75) is 102 Å². The molecular weight excluding hydrogens is 671 g/mol. The van der Waals surface area contributed by atoms with Crippen LogP contribution < -0.4 is 10.0 Å². The van der Waals surface area contributed by atoms with Crippen molar-refractivity contribution in [3.05, 3.63) is 47.9 Å². The van der Waals surface area contributed by atoms with Crippen LogP contribution >= 0.6 is 11.3 Å². The number of carbonyl (C=O) groups is 5. The largest absolute Gasteiger partial charge is 0.460 e. The van der Waals surface area contributed by atoms with Gasteiger partial charge in [-0.05, 0) is 80.5 Å². The number of fused-ring (bicyclic) bond motifs is 1. The van der Waals surface area contributed by atoms with Crippen LogP contribution in [-0.4, -0.2) is 78.1 Å². The van der Waals surface area contributed by atoms with Gasteiger partial charge in [0.25, 0.3) is 5.91 Å². The van der Waals surface area contributed by atoms with E-state index < -0.39 is 85.5 Å². The number of benzene rings is 1. The summed E-state index contributed by atoms with van der Waals surface area (Å²) in [6, 6.07) is 5.89. The van der Waals surface area contributed by atoms with Crippen LogP contribution in [0.5, 0.6) is 0 Å². The molecule has 1 aliphatic heterocycles. The van der Waals surface area contributed by atoms with Crippen molar-refractivity contribution < 1.29 is 41.9 Å². The number of hydrogen-bond acceptors (Lipinski definition) is 10. The van der Waals surface area contributed by atoms with E-state index in [0.717, 1.165) is 10.1 Å². The Bertz CT molecular complexity index is 1780. The number of rotatable bonds is 11. The first-order valence-electron chi connectivity index (χ1n) is 16.5. The van der Waals surface area contributed by atoms with Crippen molar-refractivity contribution in [3.8, 4) is 0 Å². The van der Waals surface area contributed by atoms with E-state index in [4.69, 9.17) is 9.47 Å². The fourth-order valence-corrected chi connectivity index (χ4v) is 8.36. The normalized spacial score (nSPS) is 24.5. The predicted octanol–water partition coefficient (Wildman–Crippen LogP) is 4.09. The van der Waals surface area contributed by atoms with E-state index in [1.807, 2.05) is 38.3 Å². The van der Waals surface area contributed by atoms with Gasteiger partial charge in [-0.3, -0.25) is 23.9 Å². The highest BCUT2D eigenvalue weighted by Crippen LogP contribution is 2.46. The summed E-state index contributed by atoms with van der Waals surface area (Å²) in [5.74, 6) is -4.72. The monoisotopic (exact) mass is 715 g/mol. The van der Waals surface area contributed by atoms with Gasteiger partial charge in [0.15, 0.2) is 0 Å². The molecular formula is C35H45N3O9S2. The number of hydrogen-bond donors (Lipinski definition) is 2. The van der Waals surface area contributed by atoms with E-state index in [-0.39, 0.29) is 25.8 Å². The third-order valence-electron chi connectivity index (χ3n) is 9.19. The average Bonchev–Trinajstić information content (AvgIpc) is 3.88. The van der Waals surface area contributed by atoms with Gasteiger partial charge in [-0.15, -0.1) is 17.9 Å². The maximum absolute atomic E-state index is 14.4. The lowest BCUT2D eigenvalue weighted by Crippen LogP contribution is -2.57. The third-order valence-corrected chi connectivity index (χ3v) is 11.9. The molecule has 0 spiro atoms. The first-order valence-corrected chi connectivity index (χ1v) is 18.9. The second-order valence-electron chi connectivity index (χ2n) is 15.3. The molecule has 5 atom stereocenters. The summed E-state index contributed by atoms with van der Waals surface area (Å²) < 4.78 is 39.7. The van der Waals surface area contributed by atoms with Gasteiger partial charge in [0.05, 0.1) is 29.7 Å². The summed E-state index contributed by atoms with van der Waals surface area (Å²) in [4.78, 5) is 69.4.